The van der Waals surface area contributed by atoms with Crippen LogP contribution in [0.4, 0.5) is 5.69 Å². The molecule has 0 saturated carbocycles. The fourth-order valence-corrected chi connectivity index (χ4v) is 3.10. The van der Waals surface area contributed by atoms with Gasteiger partial charge >= 0.3 is 0 Å². The Balaban J connectivity index is 3.01. The highest BCUT2D eigenvalue weighted by Crippen LogP contribution is 2.22. The number of hydrogen-bond donors (Lipinski definition) is 2. The summed E-state index contributed by atoms with van der Waals surface area (Å²) < 4.78 is 27.2. The van der Waals surface area contributed by atoms with Crippen LogP contribution in [0.1, 0.15) is 18.1 Å². The van der Waals surface area contributed by atoms with E-state index in [0.29, 0.717) is 12.2 Å². The van der Waals surface area contributed by atoms with Crippen LogP contribution in [0.2, 0.25) is 0 Å². The number of nitrogens with two attached hydrogens (primary N) is 1. The topological polar surface area (TPSA) is 75.4 Å². The molecule has 1 aromatic rings. The molecule has 0 amide bonds. The molecule has 0 heterocycles. The average Bonchev–Trinajstić information content (AvgIpc) is 2.30. The quantitative estimate of drug-likeness (QED) is 0.795. The lowest BCUT2D eigenvalue weighted by Crippen LogP contribution is -2.38. The van der Waals surface area contributed by atoms with E-state index in [-0.39, 0.29) is 10.9 Å². The molecule has 1 rings (SSSR count). The monoisotopic (exact) mass is 285 g/mol. The molecule has 0 aliphatic rings. The first-order chi connectivity index (χ1) is 8.65. The molecule has 0 spiro atoms. The van der Waals surface area contributed by atoms with E-state index in [0.717, 1.165) is 11.1 Å². The first-order valence-corrected chi connectivity index (χ1v) is 7.66. The molecule has 0 radical (unpaired) electrons. The number of aryl methyl sites for hydroxylation is 1. The highest BCUT2D eigenvalue weighted by atomic mass is 32.2. The number of anilines is 1. The van der Waals surface area contributed by atoms with Crippen molar-refractivity contribution < 1.29 is 8.42 Å². The Morgan fingerprint density at radius 3 is 2.42 bits per heavy atom. The van der Waals surface area contributed by atoms with Crippen LogP contribution in [0.15, 0.2) is 17.0 Å². The molecule has 1 aromatic carbocycles. The maximum Gasteiger partial charge on any atom is 0.240 e. The summed E-state index contributed by atoms with van der Waals surface area (Å²) in [5.74, 6) is 0. The number of hydrogen-bond acceptors (Lipinski definition) is 4. The van der Waals surface area contributed by atoms with Gasteiger partial charge in [0.25, 0.3) is 0 Å². The Hall–Kier alpha value is -1.11. The maximum absolute atomic E-state index is 12.3. The molecule has 1 unspecified atom stereocenters. The van der Waals surface area contributed by atoms with Gasteiger partial charge in [0.1, 0.15) is 0 Å². The second-order valence-electron chi connectivity index (χ2n) is 5.13. The van der Waals surface area contributed by atoms with E-state index >= 15 is 0 Å². The van der Waals surface area contributed by atoms with Gasteiger partial charge in [-0.25, -0.2) is 13.1 Å². The van der Waals surface area contributed by atoms with E-state index in [2.05, 4.69) is 4.72 Å². The van der Waals surface area contributed by atoms with Gasteiger partial charge in [0, 0.05) is 18.3 Å². The highest BCUT2D eigenvalue weighted by molar-refractivity contribution is 7.89. The number of rotatable bonds is 5. The lowest BCUT2D eigenvalue weighted by atomic mass is 10.1. The summed E-state index contributed by atoms with van der Waals surface area (Å²) in [6.07, 6.45) is 0. The van der Waals surface area contributed by atoms with Crippen LogP contribution in [-0.2, 0) is 10.0 Å². The van der Waals surface area contributed by atoms with E-state index in [4.69, 9.17) is 5.73 Å². The fourth-order valence-electron chi connectivity index (χ4n) is 1.62. The molecule has 0 bridgehead atoms. The van der Waals surface area contributed by atoms with E-state index in [9.17, 15) is 8.42 Å². The molecule has 0 aliphatic heterocycles. The summed E-state index contributed by atoms with van der Waals surface area (Å²) in [4.78, 5) is 2.22. The first kappa shape index (κ1) is 15.9. The number of sulfonamides is 1. The summed E-state index contributed by atoms with van der Waals surface area (Å²) >= 11 is 0. The molecular formula is C13H23N3O2S. The van der Waals surface area contributed by atoms with Crippen LogP contribution in [-0.4, -0.2) is 40.0 Å². The van der Waals surface area contributed by atoms with Gasteiger partial charge in [-0.1, -0.05) is 0 Å². The molecule has 108 valence electrons. The Bertz CT molecular complexity index is 553. The zero-order valence-electron chi connectivity index (χ0n) is 12.2. The third-order valence-electron chi connectivity index (χ3n) is 3.38. The summed E-state index contributed by atoms with van der Waals surface area (Å²) in [5, 5.41) is 0. The lowest BCUT2D eigenvalue weighted by molar-refractivity contribution is 0.314. The minimum Gasteiger partial charge on any atom is -0.399 e. The first-order valence-electron chi connectivity index (χ1n) is 6.18. The third-order valence-corrected chi connectivity index (χ3v) is 4.93. The van der Waals surface area contributed by atoms with E-state index in [1.807, 2.05) is 32.8 Å². The average molecular weight is 285 g/mol. The van der Waals surface area contributed by atoms with Gasteiger partial charge < -0.3 is 10.6 Å². The van der Waals surface area contributed by atoms with E-state index in [1.165, 1.54) is 6.07 Å². The molecule has 0 fully saturated rings. The molecule has 1 atom stereocenters. The number of likely N-dealkylation sites (N-methyl/N-ethyl adjacent to an activating group) is 1. The Labute approximate surface area is 115 Å². The van der Waals surface area contributed by atoms with Crippen molar-refractivity contribution in [2.24, 2.45) is 0 Å². The van der Waals surface area contributed by atoms with E-state index < -0.39 is 10.0 Å². The Morgan fingerprint density at radius 1 is 1.32 bits per heavy atom. The number of nitrogens with zero attached hydrogens (tertiary/aromatic N) is 1. The molecular weight excluding hydrogens is 262 g/mol. The van der Waals surface area contributed by atoms with E-state index in [1.54, 1.807) is 13.0 Å². The van der Waals surface area contributed by atoms with Crippen molar-refractivity contribution in [1.29, 1.82) is 0 Å². The molecule has 5 nitrogen and oxygen atoms in total. The predicted molar refractivity (Wildman–Crippen MR) is 78.7 cm³/mol. The van der Waals surface area contributed by atoms with Gasteiger partial charge in [-0.2, -0.15) is 0 Å². The second kappa shape index (κ2) is 5.90. The number of benzene rings is 1. The summed E-state index contributed by atoms with van der Waals surface area (Å²) in [5.41, 5.74) is 7.80. The largest absolute Gasteiger partial charge is 0.399 e. The Kier molecular flexibility index (Phi) is 4.95. The van der Waals surface area contributed by atoms with Crippen LogP contribution in [0.3, 0.4) is 0 Å². The van der Waals surface area contributed by atoms with Gasteiger partial charge in [0.15, 0.2) is 0 Å². The molecule has 0 aliphatic carbocycles. The number of nitrogens with one attached hydrogen (secondary N) is 1. The van der Waals surface area contributed by atoms with Crippen molar-refractivity contribution in [3.8, 4) is 0 Å². The lowest BCUT2D eigenvalue weighted by Gasteiger charge is -2.20. The zero-order valence-corrected chi connectivity index (χ0v) is 13.0. The zero-order chi connectivity index (χ0) is 14.8. The molecule has 0 aromatic heterocycles. The SMILES string of the molecule is Cc1cc(N)cc(S(=O)(=O)NCC(C)N(C)C)c1C. The molecule has 6 heteroatoms. The van der Waals surface area contributed by atoms with Crippen molar-refractivity contribution in [3.63, 3.8) is 0 Å². The van der Waals surface area contributed by atoms with Gasteiger partial charge in [-0.15, -0.1) is 0 Å². The van der Waals surface area contributed by atoms with Gasteiger partial charge in [0.2, 0.25) is 10.0 Å². The predicted octanol–water partition coefficient (Wildman–Crippen LogP) is 1.11. The van der Waals surface area contributed by atoms with Gasteiger partial charge in [0.05, 0.1) is 4.90 Å². The molecule has 19 heavy (non-hydrogen) atoms. The fraction of sp³-hybridized carbons (Fsp3) is 0.538. The van der Waals surface area contributed by atoms with Crippen molar-refractivity contribution >= 4 is 15.7 Å². The summed E-state index contributed by atoms with van der Waals surface area (Å²) in [6, 6.07) is 3.40. The van der Waals surface area contributed by atoms with Crippen LogP contribution in [0, 0.1) is 13.8 Å². The smallest absolute Gasteiger partial charge is 0.240 e. The van der Waals surface area contributed by atoms with Crippen molar-refractivity contribution in [3.05, 3.63) is 23.3 Å². The standard InChI is InChI=1S/C13H23N3O2S/c1-9-6-12(14)7-13(11(9)3)19(17,18)15-8-10(2)16(4)5/h6-7,10,15H,8,14H2,1-5H3. The summed E-state index contributed by atoms with van der Waals surface area (Å²) in [6.45, 7) is 5.97. The van der Waals surface area contributed by atoms with Gasteiger partial charge in [-0.05, 0) is 58.1 Å². The molecule has 3 N–H and O–H groups in total. The minimum atomic E-state index is -3.52. The van der Waals surface area contributed by atoms with Crippen molar-refractivity contribution in [2.75, 3.05) is 26.4 Å². The van der Waals surface area contributed by atoms with Crippen molar-refractivity contribution in [1.82, 2.24) is 9.62 Å². The van der Waals surface area contributed by atoms with Crippen molar-refractivity contribution in [2.45, 2.75) is 31.7 Å². The highest BCUT2D eigenvalue weighted by Gasteiger charge is 2.19. The van der Waals surface area contributed by atoms with Crippen LogP contribution < -0.4 is 10.5 Å². The Morgan fingerprint density at radius 2 is 1.89 bits per heavy atom. The number of nitrogen functional groups attached to an aromatic ring is 1. The third kappa shape index (κ3) is 3.92. The van der Waals surface area contributed by atoms with Gasteiger partial charge in [-0.3, -0.25) is 0 Å². The van der Waals surface area contributed by atoms with Crippen LogP contribution in [0.25, 0.3) is 0 Å². The second-order valence-corrected chi connectivity index (χ2v) is 6.86. The molecule has 0 saturated heterocycles. The maximum atomic E-state index is 12.3. The van der Waals surface area contributed by atoms with Crippen LogP contribution in [0.5, 0.6) is 0 Å². The minimum absolute atomic E-state index is 0.122. The normalized spacial score (nSPS) is 13.8. The van der Waals surface area contributed by atoms with Crippen LogP contribution >= 0.6 is 0 Å². The summed E-state index contributed by atoms with van der Waals surface area (Å²) in [7, 11) is 0.302.